The maximum absolute atomic E-state index is 5.36. The second kappa shape index (κ2) is 4.91. The van der Waals surface area contributed by atoms with Gasteiger partial charge in [-0.2, -0.15) is 0 Å². The van der Waals surface area contributed by atoms with Gasteiger partial charge in [-0.3, -0.25) is 0 Å². The molecule has 0 aliphatic heterocycles. The fourth-order valence-corrected chi connectivity index (χ4v) is 0.592. The average molecular weight is 140 g/mol. The van der Waals surface area contributed by atoms with Gasteiger partial charge in [-0.25, -0.2) is 0 Å². The predicted octanol–water partition coefficient (Wildman–Crippen LogP) is 1.31. The number of nitrogens with two attached hydrogens (primary N) is 1. The van der Waals surface area contributed by atoms with Gasteiger partial charge in [0.05, 0.1) is 5.70 Å². The largest absolute Gasteiger partial charge is 0.403 e. The molecule has 0 aliphatic carbocycles. The smallest absolute Gasteiger partial charge is 0.0515 e. The van der Waals surface area contributed by atoms with Crippen molar-refractivity contribution in [2.75, 3.05) is 14.1 Å². The van der Waals surface area contributed by atoms with Crippen molar-refractivity contribution in [3.63, 3.8) is 0 Å². The van der Waals surface area contributed by atoms with Crippen LogP contribution < -0.4 is 5.73 Å². The van der Waals surface area contributed by atoms with Crippen LogP contribution in [0.15, 0.2) is 24.0 Å². The summed E-state index contributed by atoms with van der Waals surface area (Å²) >= 11 is 0. The van der Waals surface area contributed by atoms with Crippen molar-refractivity contribution in [1.82, 2.24) is 4.90 Å². The molecule has 0 amide bonds. The highest BCUT2D eigenvalue weighted by Crippen LogP contribution is 1.98. The summed E-state index contributed by atoms with van der Waals surface area (Å²) in [4.78, 5) is 1.98. The van der Waals surface area contributed by atoms with E-state index in [2.05, 4.69) is 13.0 Å². The molecule has 0 heterocycles. The van der Waals surface area contributed by atoms with Gasteiger partial charge in [-0.1, -0.05) is 13.0 Å². The number of nitrogens with zero attached hydrogens (tertiary/aromatic N) is 1. The molecule has 0 unspecified atom stereocenters. The van der Waals surface area contributed by atoms with Crippen LogP contribution in [0.5, 0.6) is 0 Å². The third-order valence-corrected chi connectivity index (χ3v) is 1.21. The SMILES string of the molecule is CC/C=C\C(=C/N)N(C)C. The van der Waals surface area contributed by atoms with Crippen LogP contribution in [0.25, 0.3) is 0 Å². The molecule has 2 heteroatoms. The summed E-state index contributed by atoms with van der Waals surface area (Å²) < 4.78 is 0. The summed E-state index contributed by atoms with van der Waals surface area (Å²) in [6, 6.07) is 0. The molecule has 0 aromatic carbocycles. The zero-order valence-electron chi connectivity index (χ0n) is 6.96. The van der Waals surface area contributed by atoms with Crippen LogP contribution in [0.1, 0.15) is 13.3 Å². The molecule has 0 atom stereocenters. The highest BCUT2D eigenvalue weighted by atomic mass is 15.1. The van der Waals surface area contributed by atoms with E-state index in [-0.39, 0.29) is 0 Å². The van der Waals surface area contributed by atoms with Gasteiger partial charge in [-0.15, -0.1) is 0 Å². The van der Waals surface area contributed by atoms with Gasteiger partial charge >= 0.3 is 0 Å². The van der Waals surface area contributed by atoms with E-state index in [9.17, 15) is 0 Å². The first-order chi connectivity index (χ1) is 4.72. The molecular formula is C8H16N2. The van der Waals surface area contributed by atoms with Crippen molar-refractivity contribution in [1.29, 1.82) is 0 Å². The summed E-state index contributed by atoms with van der Waals surface area (Å²) in [5, 5.41) is 0. The van der Waals surface area contributed by atoms with E-state index in [1.165, 1.54) is 0 Å². The molecule has 0 aromatic rings. The van der Waals surface area contributed by atoms with E-state index >= 15 is 0 Å². The van der Waals surface area contributed by atoms with Gasteiger partial charge in [-0.05, 0) is 12.5 Å². The minimum absolute atomic E-state index is 1.04. The third-order valence-electron chi connectivity index (χ3n) is 1.21. The fraction of sp³-hybridized carbons (Fsp3) is 0.500. The Balaban J connectivity index is 3.98. The lowest BCUT2D eigenvalue weighted by Crippen LogP contribution is -2.10. The highest BCUT2D eigenvalue weighted by Gasteiger charge is 1.89. The van der Waals surface area contributed by atoms with Gasteiger partial charge in [0.1, 0.15) is 0 Å². The Morgan fingerprint density at radius 1 is 1.50 bits per heavy atom. The van der Waals surface area contributed by atoms with Gasteiger partial charge in [0, 0.05) is 20.3 Å². The molecule has 0 rings (SSSR count). The van der Waals surface area contributed by atoms with Crippen LogP contribution in [0.4, 0.5) is 0 Å². The minimum Gasteiger partial charge on any atom is -0.403 e. The molecule has 0 spiro atoms. The second-order valence-corrected chi connectivity index (χ2v) is 2.30. The quantitative estimate of drug-likeness (QED) is 0.599. The number of rotatable bonds is 3. The second-order valence-electron chi connectivity index (χ2n) is 2.30. The van der Waals surface area contributed by atoms with Gasteiger partial charge < -0.3 is 10.6 Å². The summed E-state index contributed by atoms with van der Waals surface area (Å²) in [7, 11) is 3.94. The molecular weight excluding hydrogens is 124 g/mol. The number of hydrogen-bond acceptors (Lipinski definition) is 2. The first kappa shape index (κ1) is 9.08. The maximum Gasteiger partial charge on any atom is 0.0515 e. The van der Waals surface area contributed by atoms with Gasteiger partial charge in [0.15, 0.2) is 0 Å². The molecule has 0 aromatic heterocycles. The van der Waals surface area contributed by atoms with Crippen molar-refractivity contribution in [2.24, 2.45) is 5.73 Å². The lowest BCUT2D eigenvalue weighted by Gasteiger charge is -2.11. The number of allylic oxidation sites excluding steroid dienone is 2. The molecule has 0 bridgehead atoms. The van der Waals surface area contributed by atoms with Crippen LogP contribution in [0.3, 0.4) is 0 Å². The van der Waals surface area contributed by atoms with Crippen LogP contribution in [-0.4, -0.2) is 19.0 Å². The molecule has 10 heavy (non-hydrogen) atoms. The van der Waals surface area contributed by atoms with Crippen LogP contribution >= 0.6 is 0 Å². The van der Waals surface area contributed by atoms with Crippen molar-refractivity contribution in [3.8, 4) is 0 Å². The number of likely N-dealkylation sites (N-methyl/N-ethyl adjacent to an activating group) is 1. The molecule has 0 saturated heterocycles. The average Bonchev–Trinajstić information content (AvgIpc) is 1.89. The normalized spacial score (nSPS) is 12.5. The van der Waals surface area contributed by atoms with Crippen molar-refractivity contribution in [2.45, 2.75) is 13.3 Å². The molecule has 2 N–H and O–H groups in total. The zero-order chi connectivity index (χ0) is 7.98. The Morgan fingerprint density at radius 2 is 2.10 bits per heavy atom. The Labute approximate surface area is 63.0 Å². The van der Waals surface area contributed by atoms with Crippen molar-refractivity contribution < 1.29 is 0 Å². The van der Waals surface area contributed by atoms with Crippen LogP contribution in [0.2, 0.25) is 0 Å². The van der Waals surface area contributed by atoms with Gasteiger partial charge in [0.2, 0.25) is 0 Å². The van der Waals surface area contributed by atoms with E-state index in [0.717, 1.165) is 12.1 Å². The summed E-state index contributed by atoms with van der Waals surface area (Å²) in [5.41, 5.74) is 6.40. The number of hydrogen-bond donors (Lipinski definition) is 1. The standard InChI is InChI=1S/C8H16N2/c1-4-5-6-8(7-9)10(2)3/h5-7H,4,9H2,1-3H3/b6-5-,8-7+. The Kier molecular flexibility index (Phi) is 4.46. The third kappa shape index (κ3) is 3.17. The molecule has 58 valence electrons. The molecule has 0 fully saturated rings. The summed E-state index contributed by atoms with van der Waals surface area (Å²) in [6.07, 6.45) is 6.75. The first-order valence-electron chi connectivity index (χ1n) is 3.48. The molecule has 0 radical (unpaired) electrons. The fourth-order valence-electron chi connectivity index (χ4n) is 0.592. The Morgan fingerprint density at radius 3 is 2.40 bits per heavy atom. The topological polar surface area (TPSA) is 29.3 Å². The van der Waals surface area contributed by atoms with E-state index in [4.69, 9.17) is 5.73 Å². The zero-order valence-corrected chi connectivity index (χ0v) is 6.96. The van der Waals surface area contributed by atoms with E-state index in [1.807, 2.05) is 25.1 Å². The first-order valence-corrected chi connectivity index (χ1v) is 3.48. The molecule has 2 nitrogen and oxygen atoms in total. The monoisotopic (exact) mass is 140 g/mol. The molecule has 0 saturated carbocycles. The van der Waals surface area contributed by atoms with E-state index in [1.54, 1.807) is 6.20 Å². The Bertz CT molecular complexity index is 134. The highest BCUT2D eigenvalue weighted by molar-refractivity contribution is 5.14. The van der Waals surface area contributed by atoms with Crippen molar-refractivity contribution in [3.05, 3.63) is 24.0 Å². The van der Waals surface area contributed by atoms with Crippen LogP contribution in [0, 0.1) is 0 Å². The lowest BCUT2D eigenvalue weighted by atomic mass is 10.3. The van der Waals surface area contributed by atoms with E-state index in [0.29, 0.717) is 0 Å². The lowest BCUT2D eigenvalue weighted by molar-refractivity contribution is 0.528. The predicted molar refractivity (Wildman–Crippen MR) is 45.4 cm³/mol. The summed E-state index contributed by atoms with van der Waals surface area (Å²) in [5.74, 6) is 0. The van der Waals surface area contributed by atoms with Crippen LogP contribution in [-0.2, 0) is 0 Å². The van der Waals surface area contributed by atoms with E-state index < -0.39 is 0 Å². The minimum atomic E-state index is 1.04. The maximum atomic E-state index is 5.36. The van der Waals surface area contributed by atoms with Crippen molar-refractivity contribution >= 4 is 0 Å². The molecule has 0 aliphatic rings. The summed E-state index contributed by atoms with van der Waals surface area (Å²) in [6.45, 7) is 2.10. The Hall–Kier alpha value is -0.920. The van der Waals surface area contributed by atoms with Gasteiger partial charge in [0.25, 0.3) is 0 Å².